The fraction of sp³-hybridized carbons (Fsp3) is 0.125. The van der Waals surface area contributed by atoms with Gasteiger partial charge in [-0.15, -0.1) is 0 Å². The Balaban J connectivity index is 1.47. The number of ether oxygens (including phenoxy) is 1. The van der Waals surface area contributed by atoms with Crippen LogP contribution in [0.25, 0.3) is 22.5 Å². The van der Waals surface area contributed by atoms with Gasteiger partial charge in [0.2, 0.25) is 0 Å². The first-order chi connectivity index (χ1) is 16.5. The lowest BCUT2D eigenvalue weighted by Crippen LogP contribution is -2.31. The molecule has 0 bridgehead atoms. The molecule has 0 aliphatic rings. The Bertz CT molecular complexity index is 1480. The molecule has 3 heterocycles. The normalized spacial score (nSPS) is 12.0. The molecule has 1 amide bonds. The number of fused-ring (bicyclic) bond motifs is 1. The molecule has 5 aromatic rings. The summed E-state index contributed by atoms with van der Waals surface area (Å²) in [5.41, 5.74) is 2.06. The molecule has 9 nitrogen and oxygen atoms in total. The first kappa shape index (κ1) is 21.6. The summed E-state index contributed by atoms with van der Waals surface area (Å²) in [7, 11) is 0. The molecule has 10 heteroatoms. The number of anilines is 1. The highest BCUT2D eigenvalue weighted by Gasteiger charge is 2.20. The van der Waals surface area contributed by atoms with Crippen molar-refractivity contribution in [1.29, 1.82) is 0 Å². The average Bonchev–Trinajstić information content (AvgIpc) is 3.43. The summed E-state index contributed by atoms with van der Waals surface area (Å²) in [5.74, 6) is 1.24. The molecular weight excluding hydrogens is 454 g/mol. The van der Waals surface area contributed by atoms with E-state index >= 15 is 0 Å². The maximum Gasteiger partial charge on any atom is 0.266 e. The molecule has 2 aromatic carbocycles. The zero-order valence-electron chi connectivity index (χ0n) is 18.4. The van der Waals surface area contributed by atoms with Crippen LogP contribution in [0.2, 0.25) is 5.02 Å². The molecule has 0 aliphatic heterocycles. The van der Waals surface area contributed by atoms with Crippen molar-refractivity contribution in [3.8, 4) is 17.3 Å². The van der Waals surface area contributed by atoms with E-state index < -0.39 is 6.10 Å². The third-order valence-corrected chi connectivity index (χ3v) is 5.34. The average molecular weight is 474 g/mol. The van der Waals surface area contributed by atoms with Gasteiger partial charge >= 0.3 is 0 Å². The third kappa shape index (κ3) is 4.20. The number of halogens is 1. The standard InChI is InChI=1S/C24H20ClN7O2/c1-15-11-21(29-24(33)16(2)34-19-9-4-3-5-10-19)32(30-15)23-20-13-28-31(22(20)26-14-27-23)18-8-6-7-17(25)12-18/h3-14,16H,1-2H3,(H,29,33)/t16-/m1/s1. The van der Waals surface area contributed by atoms with E-state index in [-0.39, 0.29) is 5.91 Å². The highest BCUT2D eigenvalue weighted by molar-refractivity contribution is 6.30. The summed E-state index contributed by atoms with van der Waals surface area (Å²) < 4.78 is 8.98. The SMILES string of the molecule is Cc1cc(NC(=O)[C@@H](C)Oc2ccccc2)n(-c2ncnc3c2cnn3-c2cccc(Cl)c2)n1. The van der Waals surface area contributed by atoms with Gasteiger partial charge in [-0.25, -0.2) is 14.6 Å². The molecule has 0 aliphatic carbocycles. The summed E-state index contributed by atoms with van der Waals surface area (Å²) in [4.78, 5) is 21.7. The van der Waals surface area contributed by atoms with Gasteiger partial charge in [0, 0.05) is 11.1 Å². The highest BCUT2D eigenvalue weighted by Crippen LogP contribution is 2.25. The van der Waals surface area contributed by atoms with Crippen LogP contribution in [-0.2, 0) is 4.79 Å². The van der Waals surface area contributed by atoms with Crippen molar-refractivity contribution in [2.24, 2.45) is 0 Å². The summed E-state index contributed by atoms with van der Waals surface area (Å²) in [6.45, 7) is 3.53. The molecule has 1 N–H and O–H groups in total. The Labute approximate surface area is 200 Å². The highest BCUT2D eigenvalue weighted by atomic mass is 35.5. The van der Waals surface area contributed by atoms with E-state index in [2.05, 4.69) is 25.5 Å². The Morgan fingerprint density at radius 2 is 1.88 bits per heavy atom. The van der Waals surface area contributed by atoms with Crippen molar-refractivity contribution >= 4 is 34.4 Å². The van der Waals surface area contributed by atoms with Crippen LogP contribution in [0.3, 0.4) is 0 Å². The largest absolute Gasteiger partial charge is 0.481 e. The molecule has 1 atom stereocenters. The lowest BCUT2D eigenvalue weighted by Gasteiger charge is -2.15. The number of rotatable bonds is 6. The van der Waals surface area contributed by atoms with Crippen LogP contribution < -0.4 is 10.1 Å². The molecule has 0 unspecified atom stereocenters. The minimum Gasteiger partial charge on any atom is -0.481 e. The Kier molecular flexibility index (Phi) is 5.69. The number of hydrogen-bond acceptors (Lipinski definition) is 6. The minimum absolute atomic E-state index is 0.315. The van der Waals surface area contributed by atoms with Crippen molar-refractivity contribution in [1.82, 2.24) is 29.5 Å². The van der Waals surface area contributed by atoms with Gasteiger partial charge in [-0.3, -0.25) is 4.79 Å². The van der Waals surface area contributed by atoms with Gasteiger partial charge < -0.3 is 10.1 Å². The summed E-state index contributed by atoms with van der Waals surface area (Å²) in [6.07, 6.45) is 2.38. The van der Waals surface area contributed by atoms with Gasteiger partial charge in [-0.2, -0.15) is 14.9 Å². The molecule has 0 fully saturated rings. The number of carbonyl (C=O) groups is 1. The van der Waals surface area contributed by atoms with E-state index in [1.807, 2.05) is 37.3 Å². The second-order valence-corrected chi connectivity index (χ2v) is 8.05. The molecule has 34 heavy (non-hydrogen) atoms. The zero-order chi connectivity index (χ0) is 23.7. The first-order valence-corrected chi connectivity index (χ1v) is 10.9. The van der Waals surface area contributed by atoms with E-state index in [1.54, 1.807) is 52.8 Å². The number of aryl methyl sites for hydroxylation is 1. The van der Waals surface area contributed by atoms with Crippen molar-refractivity contribution in [3.05, 3.63) is 83.9 Å². The monoisotopic (exact) mass is 473 g/mol. The quantitative estimate of drug-likeness (QED) is 0.393. The molecule has 5 rings (SSSR count). The Hall–Kier alpha value is -4.24. The van der Waals surface area contributed by atoms with E-state index in [1.165, 1.54) is 6.33 Å². The van der Waals surface area contributed by atoms with Crippen molar-refractivity contribution in [2.45, 2.75) is 20.0 Å². The second-order valence-electron chi connectivity index (χ2n) is 7.62. The predicted octanol–water partition coefficient (Wildman–Crippen LogP) is 4.37. The van der Waals surface area contributed by atoms with Crippen LogP contribution in [-0.4, -0.2) is 41.5 Å². The van der Waals surface area contributed by atoms with Crippen LogP contribution in [0.5, 0.6) is 5.75 Å². The zero-order valence-corrected chi connectivity index (χ0v) is 19.1. The van der Waals surface area contributed by atoms with Gasteiger partial charge in [-0.1, -0.05) is 35.9 Å². The Morgan fingerprint density at radius 1 is 1.06 bits per heavy atom. The van der Waals surface area contributed by atoms with Gasteiger partial charge in [0.15, 0.2) is 17.6 Å². The van der Waals surface area contributed by atoms with E-state index in [0.29, 0.717) is 39.1 Å². The summed E-state index contributed by atoms with van der Waals surface area (Å²) >= 11 is 6.15. The van der Waals surface area contributed by atoms with E-state index in [0.717, 1.165) is 5.69 Å². The van der Waals surface area contributed by atoms with Gasteiger partial charge in [-0.05, 0) is 44.2 Å². The first-order valence-electron chi connectivity index (χ1n) is 10.5. The van der Waals surface area contributed by atoms with Crippen molar-refractivity contribution in [2.75, 3.05) is 5.32 Å². The predicted molar refractivity (Wildman–Crippen MR) is 129 cm³/mol. The third-order valence-electron chi connectivity index (χ3n) is 5.11. The van der Waals surface area contributed by atoms with Crippen LogP contribution in [0.1, 0.15) is 12.6 Å². The van der Waals surface area contributed by atoms with Crippen LogP contribution >= 0.6 is 11.6 Å². The number of hydrogen-bond donors (Lipinski definition) is 1. The number of aromatic nitrogens is 6. The molecule has 0 saturated carbocycles. The fourth-order valence-electron chi connectivity index (χ4n) is 3.53. The Morgan fingerprint density at radius 3 is 2.68 bits per heavy atom. The maximum absolute atomic E-state index is 12.9. The van der Waals surface area contributed by atoms with Crippen LogP contribution in [0, 0.1) is 6.92 Å². The number of nitrogens with zero attached hydrogens (tertiary/aromatic N) is 6. The molecule has 0 spiro atoms. The van der Waals surface area contributed by atoms with E-state index in [9.17, 15) is 4.79 Å². The van der Waals surface area contributed by atoms with Crippen molar-refractivity contribution < 1.29 is 9.53 Å². The van der Waals surface area contributed by atoms with Gasteiger partial charge in [0.05, 0.1) is 23.0 Å². The smallest absolute Gasteiger partial charge is 0.266 e. The minimum atomic E-state index is -0.720. The maximum atomic E-state index is 12.9. The number of carbonyl (C=O) groups excluding carboxylic acids is 1. The molecular formula is C24H20ClN7O2. The topological polar surface area (TPSA) is 99.7 Å². The van der Waals surface area contributed by atoms with Crippen LogP contribution in [0.4, 0.5) is 5.82 Å². The lowest BCUT2D eigenvalue weighted by atomic mass is 10.3. The molecule has 0 radical (unpaired) electrons. The number of nitrogens with one attached hydrogen (secondary N) is 1. The summed E-state index contributed by atoms with van der Waals surface area (Å²) in [5, 5.41) is 13.2. The van der Waals surface area contributed by atoms with Crippen LogP contribution in [0.15, 0.2) is 73.2 Å². The fourth-order valence-corrected chi connectivity index (χ4v) is 3.72. The summed E-state index contributed by atoms with van der Waals surface area (Å²) in [6, 6.07) is 18.3. The van der Waals surface area contributed by atoms with Gasteiger partial charge in [0.1, 0.15) is 17.9 Å². The number of benzene rings is 2. The van der Waals surface area contributed by atoms with Gasteiger partial charge in [0.25, 0.3) is 5.91 Å². The molecule has 170 valence electrons. The van der Waals surface area contributed by atoms with Crippen molar-refractivity contribution in [3.63, 3.8) is 0 Å². The lowest BCUT2D eigenvalue weighted by molar-refractivity contribution is -0.122. The van der Waals surface area contributed by atoms with E-state index in [4.69, 9.17) is 16.3 Å². The molecule has 3 aromatic heterocycles. The second kappa shape index (κ2) is 8.95. The number of amides is 1. The molecule has 0 saturated heterocycles. The number of para-hydroxylation sites is 1.